The summed E-state index contributed by atoms with van der Waals surface area (Å²) in [4.78, 5) is 0. The Morgan fingerprint density at radius 3 is 2.30 bits per heavy atom. The first kappa shape index (κ1) is 15.3. The van der Waals surface area contributed by atoms with Crippen molar-refractivity contribution in [2.75, 3.05) is 0 Å². The number of fused-ring (bicyclic) bond motifs is 1. The third-order valence-corrected chi connectivity index (χ3v) is 3.87. The molecule has 3 aromatic carbocycles. The van der Waals surface area contributed by atoms with Gasteiger partial charge in [0.1, 0.15) is 0 Å². The van der Waals surface area contributed by atoms with E-state index in [0.717, 1.165) is 0 Å². The molecule has 0 spiro atoms. The molecule has 0 atom stereocenters. The van der Waals surface area contributed by atoms with Crippen LogP contribution in [-0.4, -0.2) is 0 Å². The van der Waals surface area contributed by atoms with Crippen LogP contribution >= 0.6 is 0 Å². The molecule has 0 fully saturated rings. The molecule has 0 amide bonds. The first-order valence-electron chi connectivity index (χ1n) is 6.92. The third-order valence-electron chi connectivity index (χ3n) is 3.87. The summed E-state index contributed by atoms with van der Waals surface area (Å²) in [6, 6.07) is 19.8. The molecule has 3 rings (SSSR count). The monoisotopic (exact) mass is 337 g/mol. The van der Waals surface area contributed by atoms with Gasteiger partial charge in [-0.3, -0.25) is 0 Å². The molecule has 0 aromatic heterocycles. The minimum Gasteiger partial charge on any atom is -0.144 e. The molecule has 0 aliphatic carbocycles. The molecule has 20 heavy (non-hydrogen) atoms. The predicted octanol–water partition coefficient (Wildman–Crippen LogP) is 5.66. The molecule has 0 bridgehead atoms. The number of hydrogen-bond acceptors (Lipinski definition) is 0. The average molecular weight is 339 g/mol. The van der Waals surface area contributed by atoms with Crippen molar-refractivity contribution in [1.29, 1.82) is 0 Å². The summed E-state index contributed by atoms with van der Waals surface area (Å²) in [7, 11) is 0. The number of benzene rings is 2. The van der Waals surface area contributed by atoms with Crippen LogP contribution in [-0.2, 0) is 26.2 Å². The molecule has 0 unspecified atom stereocenters. The van der Waals surface area contributed by atoms with Crippen LogP contribution in [0.4, 0.5) is 0 Å². The third kappa shape index (κ3) is 2.70. The van der Waals surface area contributed by atoms with E-state index < -0.39 is 0 Å². The van der Waals surface area contributed by atoms with E-state index in [1.54, 1.807) is 0 Å². The number of aryl methyl sites for hydroxylation is 1. The summed E-state index contributed by atoms with van der Waals surface area (Å²) in [5.74, 6) is 0.564. The van der Waals surface area contributed by atoms with Gasteiger partial charge in [-0.2, -0.15) is 0 Å². The Hall–Kier alpha value is -1.07. The van der Waals surface area contributed by atoms with Gasteiger partial charge in [0, 0.05) is 26.2 Å². The van der Waals surface area contributed by atoms with Gasteiger partial charge in [0.25, 0.3) is 0 Å². The van der Waals surface area contributed by atoms with Crippen LogP contribution in [0.25, 0.3) is 21.9 Å². The van der Waals surface area contributed by atoms with Crippen LogP contribution in [0.5, 0.6) is 0 Å². The molecule has 0 saturated heterocycles. The maximum Gasteiger partial charge on any atom is 0 e. The summed E-state index contributed by atoms with van der Waals surface area (Å²) in [5.41, 5.74) is 5.43. The van der Waals surface area contributed by atoms with E-state index in [2.05, 4.69) is 75.4 Å². The van der Waals surface area contributed by atoms with Gasteiger partial charge < -0.3 is 0 Å². The van der Waals surface area contributed by atoms with E-state index in [1.165, 1.54) is 33.0 Å². The summed E-state index contributed by atoms with van der Waals surface area (Å²) in [6.45, 7) is 6.72. The Labute approximate surface area is 140 Å². The fourth-order valence-electron chi connectivity index (χ4n) is 2.77. The second kappa shape index (κ2) is 6.14. The zero-order chi connectivity index (χ0) is 13.4. The van der Waals surface area contributed by atoms with Crippen molar-refractivity contribution in [2.24, 2.45) is 0 Å². The summed E-state index contributed by atoms with van der Waals surface area (Å²) < 4.78 is 0. The Morgan fingerprint density at radius 2 is 1.65 bits per heavy atom. The van der Waals surface area contributed by atoms with Crippen LogP contribution in [0.15, 0.2) is 54.6 Å². The van der Waals surface area contributed by atoms with Gasteiger partial charge in [0.2, 0.25) is 0 Å². The van der Waals surface area contributed by atoms with E-state index in [4.69, 9.17) is 0 Å². The molecule has 100 valence electrons. The Kier molecular flexibility index (Phi) is 4.71. The maximum atomic E-state index is 2.34. The molecule has 3 aromatic rings. The molecular formula is C19H19Zr-. The second-order valence-electron chi connectivity index (χ2n) is 5.56. The Bertz CT molecular complexity index is 705. The molecule has 0 aliphatic rings. The quantitative estimate of drug-likeness (QED) is 0.529. The van der Waals surface area contributed by atoms with Crippen LogP contribution in [0, 0.1) is 6.92 Å². The molecular weight excluding hydrogens is 319 g/mol. The zero-order valence-electron chi connectivity index (χ0n) is 12.3. The van der Waals surface area contributed by atoms with Crippen molar-refractivity contribution in [2.45, 2.75) is 26.7 Å². The molecule has 0 heterocycles. The normalized spacial score (nSPS) is 10.8. The van der Waals surface area contributed by atoms with Crippen molar-refractivity contribution >= 4 is 10.8 Å². The number of rotatable bonds is 2. The van der Waals surface area contributed by atoms with E-state index in [0.29, 0.717) is 5.92 Å². The van der Waals surface area contributed by atoms with Gasteiger partial charge in [-0.05, 0) is 5.92 Å². The topological polar surface area (TPSA) is 0 Å². The minimum absolute atomic E-state index is 0. The van der Waals surface area contributed by atoms with Crippen molar-refractivity contribution in [3.63, 3.8) is 0 Å². The van der Waals surface area contributed by atoms with Crippen LogP contribution in [0.1, 0.15) is 30.9 Å². The van der Waals surface area contributed by atoms with Crippen molar-refractivity contribution < 1.29 is 26.2 Å². The van der Waals surface area contributed by atoms with E-state index in [1.807, 2.05) is 0 Å². The SMILES string of the molecule is Cc1ccc(C(C)C)c2cc(-c3ccccc3)[cH-]c12.[Zr]. The first-order valence-corrected chi connectivity index (χ1v) is 6.92. The average Bonchev–Trinajstić information content (AvgIpc) is 2.85. The zero-order valence-corrected chi connectivity index (χ0v) is 14.7. The molecule has 0 radical (unpaired) electrons. The maximum absolute atomic E-state index is 2.34. The van der Waals surface area contributed by atoms with E-state index in [-0.39, 0.29) is 26.2 Å². The van der Waals surface area contributed by atoms with Crippen LogP contribution in [0.3, 0.4) is 0 Å². The fraction of sp³-hybridized carbons (Fsp3) is 0.211. The largest absolute Gasteiger partial charge is 0.144 e. The van der Waals surface area contributed by atoms with Crippen LogP contribution < -0.4 is 0 Å². The van der Waals surface area contributed by atoms with E-state index >= 15 is 0 Å². The molecule has 0 N–H and O–H groups in total. The van der Waals surface area contributed by atoms with E-state index in [9.17, 15) is 0 Å². The predicted molar refractivity (Wildman–Crippen MR) is 83.8 cm³/mol. The minimum atomic E-state index is 0. The fourth-order valence-corrected chi connectivity index (χ4v) is 2.77. The molecule has 1 heteroatoms. The number of hydrogen-bond donors (Lipinski definition) is 0. The Morgan fingerprint density at radius 1 is 0.950 bits per heavy atom. The van der Waals surface area contributed by atoms with Crippen LogP contribution in [0.2, 0.25) is 0 Å². The van der Waals surface area contributed by atoms with Gasteiger partial charge in [0.05, 0.1) is 0 Å². The smallest absolute Gasteiger partial charge is 0 e. The van der Waals surface area contributed by atoms with Gasteiger partial charge in [0.15, 0.2) is 0 Å². The van der Waals surface area contributed by atoms with Crippen molar-refractivity contribution in [3.05, 3.63) is 65.7 Å². The summed E-state index contributed by atoms with van der Waals surface area (Å²) in [6.07, 6.45) is 0. The molecule has 0 aliphatic heterocycles. The standard InChI is InChI=1S/C19H19.Zr/c1-13(2)17-10-9-14(3)18-11-16(12-19(17)18)15-7-5-4-6-8-15;/h4-13H,1-3H3;/q-1;. The Balaban J connectivity index is 0.00000147. The second-order valence-corrected chi connectivity index (χ2v) is 5.56. The summed E-state index contributed by atoms with van der Waals surface area (Å²) in [5, 5.41) is 2.80. The van der Waals surface area contributed by atoms with Gasteiger partial charge in [-0.15, -0.1) is 34.0 Å². The van der Waals surface area contributed by atoms with Gasteiger partial charge in [-0.25, -0.2) is 0 Å². The summed E-state index contributed by atoms with van der Waals surface area (Å²) >= 11 is 0. The first-order chi connectivity index (χ1) is 9.16. The van der Waals surface area contributed by atoms with Crippen molar-refractivity contribution in [3.8, 4) is 11.1 Å². The van der Waals surface area contributed by atoms with Gasteiger partial charge >= 0.3 is 0 Å². The van der Waals surface area contributed by atoms with Gasteiger partial charge in [-0.1, -0.05) is 74.4 Å². The molecule has 0 saturated carbocycles. The molecule has 0 nitrogen and oxygen atoms in total. The van der Waals surface area contributed by atoms with Crippen molar-refractivity contribution in [1.82, 2.24) is 0 Å².